The number of rotatable bonds is 7. The topological polar surface area (TPSA) is 89.3 Å². The van der Waals surface area contributed by atoms with Crippen molar-refractivity contribution in [3.8, 4) is 0 Å². The van der Waals surface area contributed by atoms with Gasteiger partial charge in [0.2, 0.25) is 10.0 Å². The molecule has 7 heteroatoms. The van der Waals surface area contributed by atoms with E-state index in [2.05, 4.69) is 11.3 Å². The first-order valence-electron chi connectivity index (χ1n) is 6.85. The molecule has 0 aliphatic carbocycles. The number of nitrogens with one attached hydrogen (secondary N) is 1. The first-order valence-corrected chi connectivity index (χ1v) is 8.34. The first-order chi connectivity index (χ1) is 10.9. The number of nitrogens with zero attached hydrogens (tertiary/aromatic N) is 1. The lowest BCUT2D eigenvalue weighted by atomic mass is 10.1. The quantitative estimate of drug-likeness (QED) is 0.479. The molecule has 2 rings (SSSR count). The Kier molecular flexibility index (Phi) is 5.25. The average molecular weight is 332 g/mol. The van der Waals surface area contributed by atoms with E-state index in [1.165, 1.54) is 18.2 Å². The van der Waals surface area contributed by atoms with Gasteiger partial charge < -0.3 is 0 Å². The second-order valence-corrected chi connectivity index (χ2v) is 6.62. The van der Waals surface area contributed by atoms with Gasteiger partial charge in [0, 0.05) is 18.2 Å². The largest absolute Gasteiger partial charge is 0.269 e. The molecule has 2 aromatic rings. The van der Waals surface area contributed by atoms with Crippen LogP contribution in [-0.2, 0) is 16.4 Å². The Balaban J connectivity index is 2.15. The predicted octanol–water partition coefficient (Wildman–Crippen LogP) is 2.67. The fourth-order valence-electron chi connectivity index (χ4n) is 2.06. The third-order valence-corrected chi connectivity index (χ3v) is 4.75. The van der Waals surface area contributed by atoms with Crippen molar-refractivity contribution in [2.45, 2.75) is 17.4 Å². The lowest BCUT2D eigenvalue weighted by molar-refractivity contribution is -0.384. The summed E-state index contributed by atoms with van der Waals surface area (Å²) in [4.78, 5) is 10.0. The normalized spacial score (nSPS) is 12.5. The Morgan fingerprint density at radius 1 is 1.13 bits per heavy atom. The number of nitro benzene ring substituents is 1. The van der Waals surface area contributed by atoms with Crippen molar-refractivity contribution >= 4 is 15.7 Å². The molecule has 1 N–H and O–H groups in total. The molecule has 0 amide bonds. The highest BCUT2D eigenvalue weighted by Gasteiger charge is 2.19. The second kappa shape index (κ2) is 7.17. The standard InChI is InChI=1S/C16H16N2O4S/c1-2-14(12-13-6-4-3-5-7-13)17-23(21,22)16-10-8-15(9-11-16)18(19)20/h2-11,14,17H,1,12H2/t14-/m1/s1. The van der Waals surface area contributed by atoms with Crippen molar-refractivity contribution in [3.05, 3.63) is 82.9 Å². The van der Waals surface area contributed by atoms with Gasteiger partial charge in [-0.2, -0.15) is 0 Å². The van der Waals surface area contributed by atoms with Crippen LogP contribution >= 0.6 is 0 Å². The van der Waals surface area contributed by atoms with E-state index in [0.29, 0.717) is 6.42 Å². The van der Waals surface area contributed by atoms with Crippen molar-refractivity contribution in [1.82, 2.24) is 4.72 Å². The van der Waals surface area contributed by atoms with Crippen LogP contribution in [0.25, 0.3) is 0 Å². The fourth-order valence-corrected chi connectivity index (χ4v) is 3.26. The Morgan fingerprint density at radius 2 is 1.74 bits per heavy atom. The summed E-state index contributed by atoms with van der Waals surface area (Å²) in [6.07, 6.45) is 1.99. The van der Waals surface area contributed by atoms with Crippen LogP contribution in [-0.4, -0.2) is 19.4 Å². The lowest BCUT2D eigenvalue weighted by Gasteiger charge is -2.15. The lowest BCUT2D eigenvalue weighted by Crippen LogP contribution is -2.34. The van der Waals surface area contributed by atoms with Gasteiger partial charge >= 0.3 is 0 Å². The highest BCUT2D eigenvalue weighted by atomic mass is 32.2. The van der Waals surface area contributed by atoms with Gasteiger partial charge in [0.15, 0.2) is 0 Å². The first kappa shape index (κ1) is 16.9. The van der Waals surface area contributed by atoms with E-state index in [1.54, 1.807) is 0 Å². The van der Waals surface area contributed by atoms with E-state index in [0.717, 1.165) is 17.7 Å². The zero-order chi connectivity index (χ0) is 16.9. The van der Waals surface area contributed by atoms with Crippen molar-refractivity contribution < 1.29 is 13.3 Å². The van der Waals surface area contributed by atoms with Crippen molar-refractivity contribution in [2.24, 2.45) is 0 Å². The van der Waals surface area contributed by atoms with Crippen molar-refractivity contribution in [3.63, 3.8) is 0 Å². The summed E-state index contributed by atoms with van der Waals surface area (Å²) in [7, 11) is -3.78. The van der Waals surface area contributed by atoms with Crippen LogP contribution in [0.2, 0.25) is 0 Å². The Hall–Kier alpha value is -2.51. The Labute approximate surface area is 134 Å². The maximum atomic E-state index is 12.3. The van der Waals surface area contributed by atoms with Gasteiger partial charge in [0.25, 0.3) is 5.69 Å². The zero-order valence-electron chi connectivity index (χ0n) is 12.3. The van der Waals surface area contributed by atoms with E-state index in [1.807, 2.05) is 30.3 Å². The molecule has 23 heavy (non-hydrogen) atoms. The summed E-state index contributed by atoms with van der Waals surface area (Å²) in [5, 5.41) is 10.6. The summed E-state index contributed by atoms with van der Waals surface area (Å²) in [5.74, 6) is 0. The highest BCUT2D eigenvalue weighted by Crippen LogP contribution is 2.16. The molecule has 0 aromatic heterocycles. The maximum absolute atomic E-state index is 12.3. The van der Waals surface area contributed by atoms with Crippen LogP contribution in [0.15, 0.2) is 72.1 Å². The van der Waals surface area contributed by atoms with Gasteiger partial charge in [-0.3, -0.25) is 10.1 Å². The third kappa shape index (κ3) is 4.48. The highest BCUT2D eigenvalue weighted by molar-refractivity contribution is 7.89. The molecule has 6 nitrogen and oxygen atoms in total. The molecule has 0 bridgehead atoms. The minimum Gasteiger partial charge on any atom is -0.258 e. The van der Waals surface area contributed by atoms with E-state index in [-0.39, 0.29) is 10.6 Å². The van der Waals surface area contributed by atoms with Crippen molar-refractivity contribution in [1.29, 1.82) is 0 Å². The molecule has 0 saturated carbocycles. The predicted molar refractivity (Wildman–Crippen MR) is 87.5 cm³/mol. The number of hydrogen-bond acceptors (Lipinski definition) is 4. The van der Waals surface area contributed by atoms with Crippen LogP contribution in [0, 0.1) is 10.1 Å². The fraction of sp³-hybridized carbons (Fsp3) is 0.125. The maximum Gasteiger partial charge on any atom is 0.269 e. The molecule has 0 spiro atoms. The molecule has 1 atom stereocenters. The van der Waals surface area contributed by atoms with Gasteiger partial charge in [-0.15, -0.1) is 6.58 Å². The third-order valence-electron chi connectivity index (χ3n) is 3.25. The molecule has 0 saturated heterocycles. The summed E-state index contributed by atoms with van der Waals surface area (Å²) in [5.41, 5.74) is 0.817. The van der Waals surface area contributed by atoms with Crippen LogP contribution in [0.1, 0.15) is 5.56 Å². The molecule has 0 aliphatic rings. The number of benzene rings is 2. The summed E-state index contributed by atoms with van der Waals surface area (Å²) in [6.45, 7) is 3.66. The number of non-ortho nitro benzene ring substituents is 1. The minimum atomic E-state index is -3.78. The molecule has 0 fully saturated rings. The smallest absolute Gasteiger partial charge is 0.258 e. The van der Waals surface area contributed by atoms with E-state index in [4.69, 9.17) is 0 Å². The van der Waals surface area contributed by atoms with Crippen LogP contribution < -0.4 is 4.72 Å². The van der Waals surface area contributed by atoms with E-state index >= 15 is 0 Å². The number of sulfonamides is 1. The molecular weight excluding hydrogens is 316 g/mol. The molecule has 120 valence electrons. The summed E-state index contributed by atoms with van der Waals surface area (Å²) in [6, 6.07) is 13.7. The van der Waals surface area contributed by atoms with E-state index in [9.17, 15) is 18.5 Å². The van der Waals surface area contributed by atoms with Crippen molar-refractivity contribution in [2.75, 3.05) is 0 Å². The van der Waals surface area contributed by atoms with Gasteiger partial charge in [-0.25, -0.2) is 13.1 Å². The van der Waals surface area contributed by atoms with Crippen LogP contribution in [0.3, 0.4) is 0 Å². The molecule has 0 radical (unpaired) electrons. The average Bonchev–Trinajstić information content (AvgIpc) is 2.55. The summed E-state index contributed by atoms with van der Waals surface area (Å²) < 4.78 is 27.2. The summed E-state index contributed by atoms with van der Waals surface area (Å²) >= 11 is 0. The molecule has 0 aliphatic heterocycles. The zero-order valence-corrected chi connectivity index (χ0v) is 13.1. The number of hydrogen-bond donors (Lipinski definition) is 1. The SMILES string of the molecule is C=C[C@H](Cc1ccccc1)NS(=O)(=O)c1ccc([N+](=O)[O-])cc1. The van der Waals surface area contributed by atoms with E-state index < -0.39 is 21.0 Å². The monoisotopic (exact) mass is 332 g/mol. The molecular formula is C16H16N2O4S. The van der Waals surface area contributed by atoms with Gasteiger partial charge in [0.05, 0.1) is 9.82 Å². The molecule has 0 unspecified atom stereocenters. The molecule has 2 aromatic carbocycles. The Bertz CT molecular complexity index is 787. The van der Waals surface area contributed by atoms with Crippen LogP contribution in [0.5, 0.6) is 0 Å². The Morgan fingerprint density at radius 3 is 2.26 bits per heavy atom. The van der Waals surface area contributed by atoms with Gasteiger partial charge in [-0.05, 0) is 24.1 Å². The van der Waals surface area contributed by atoms with Crippen LogP contribution in [0.4, 0.5) is 5.69 Å². The minimum absolute atomic E-state index is 0.0250. The second-order valence-electron chi connectivity index (χ2n) is 4.90. The van der Waals surface area contributed by atoms with Gasteiger partial charge in [0.1, 0.15) is 0 Å². The van der Waals surface area contributed by atoms with Gasteiger partial charge in [-0.1, -0.05) is 36.4 Å². The molecule has 0 heterocycles. The number of nitro groups is 1.